The number of nitrogens with zero attached hydrogens (tertiary/aromatic N) is 1. The van der Waals surface area contributed by atoms with E-state index in [2.05, 4.69) is 16.4 Å². The molecular weight excluding hydrogens is 424 g/mol. The minimum absolute atomic E-state index is 0.199. The van der Waals surface area contributed by atoms with E-state index < -0.39 is 18.6 Å². The van der Waals surface area contributed by atoms with Crippen molar-refractivity contribution < 1.29 is 29.2 Å². The Bertz CT molecular complexity index is 1160. The maximum atomic E-state index is 11.1. The van der Waals surface area contributed by atoms with E-state index in [9.17, 15) is 9.90 Å². The van der Waals surface area contributed by atoms with Crippen molar-refractivity contribution >= 4 is 5.97 Å². The van der Waals surface area contributed by atoms with Crippen molar-refractivity contribution in [3.63, 3.8) is 0 Å². The molecule has 0 spiro atoms. The fourth-order valence-electron chi connectivity index (χ4n) is 3.83. The van der Waals surface area contributed by atoms with Crippen LogP contribution >= 0.6 is 0 Å². The molecule has 3 N–H and O–H groups in total. The van der Waals surface area contributed by atoms with Crippen molar-refractivity contribution in [3.05, 3.63) is 59.7 Å². The van der Waals surface area contributed by atoms with Gasteiger partial charge in [-0.15, -0.1) is 0 Å². The number of rotatable bonds is 8. The summed E-state index contributed by atoms with van der Waals surface area (Å²) in [6.45, 7) is 2.83. The number of aromatic nitrogens is 1. The molecule has 8 nitrogen and oxygen atoms in total. The van der Waals surface area contributed by atoms with Crippen LogP contribution in [0.15, 0.2) is 48.5 Å². The third-order valence-corrected chi connectivity index (χ3v) is 5.61. The lowest BCUT2D eigenvalue weighted by molar-refractivity contribution is -0.140. The second kappa shape index (κ2) is 9.89. The predicted octanol–water partition coefficient (Wildman–Crippen LogP) is 3.04. The highest BCUT2D eigenvalue weighted by Crippen LogP contribution is 2.37. The van der Waals surface area contributed by atoms with Crippen molar-refractivity contribution in [2.45, 2.75) is 19.5 Å². The molecule has 0 saturated heterocycles. The zero-order valence-electron chi connectivity index (χ0n) is 18.5. The van der Waals surface area contributed by atoms with Crippen molar-refractivity contribution in [2.75, 3.05) is 26.9 Å². The van der Waals surface area contributed by atoms with Gasteiger partial charge in [-0.1, -0.05) is 30.3 Å². The first-order valence-electron chi connectivity index (χ1n) is 10.6. The van der Waals surface area contributed by atoms with Crippen LogP contribution in [-0.2, 0) is 11.3 Å². The number of benzene rings is 2. The average Bonchev–Trinajstić information content (AvgIpc) is 2.84. The first-order chi connectivity index (χ1) is 16.0. The van der Waals surface area contributed by atoms with E-state index in [1.165, 1.54) is 7.11 Å². The lowest BCUT2D eigenvalue weighted by atomic mass is 9.94. The van der Waals surface area contributed by atoms with Gasteiger partial charge in [0.25, 0.3) is 0 Å². The molecule has 0 aliphatic carbocycles. The highest BCUT2D eigenvalue weighted by Gasteiger charge is 2.18. The van der Waals surface area contributed by atoms with Crippen molar-refractivity contribution in [2.24, 2.45) is 0 Å². The van der Waals surface area contributed by atoms with Crippen molar-refractivity contribution in [1.82, 2.24) is 10.3 Å². The van der Waals surface area contributed by atoms with Gasteiger partial charge in [-0.25, -0.2) is 4.98 Å². The molecule has 1 aromatic heterocycles. The molecule has 1 aliphatic rings. The molecule has 1 atom stereocenters. The number of aliphatic hydroxyl groups is 1. The monoisotopic (exact) mass is 450 g/mol. The summed E-state index contributed by atoms with van der Waals surface area (Å²) in [7, 11) is 1.52. The summed E-state index contributed by atoms with van der Waals surface area (Å²) in [5.41, 5.74) is 5.53. The van der Waals surface area contributed by atoms with Crippen LogP contribution in [0.4, 0.5) is 0 Å². The summed E-state index contributed by atoms with van der Waals surface area (Å²) in [5.74, 6) is 0.766. The molecule has 0 unspecified atom stereocenters. The summed E-state index contributed by atoms with van der Waals surface area (Å²) in [5, 5.41) is 21.1. The Hall–Kier alpha value is -3.62. The van der Waals surface area contributed by atoms with Crippen LogP contribution in [-0.4, -0.2) is 54.1 Å². The van der Waals surface area contributed by atoms with Crippen LogP contribution in [0.2, 0.25) is 0 Å². The fourth-order valence-corrected chi connectivity index (χ4v) is 3.83. The predicted molar refractivity (Wildman–Crippen MR) is 123 cm³/mol. The van der Waals surface area contributed by atoms with Crippen LogP contribution < -0.4 is 19.5 Å². The van der Waals surface area contributed by atoms with E-state index in [4.69, 9.17) is 19.3 Å². The number of hydrogen-bond acceptors (Lipinski definition) is 7. The first-order valence-corrected chi connectivity index (χ1v) is 10.6. The van der Waals surface area contributed by atoms with Crippen molar-refractivity contribution in [1.29, 1.82) is 0 Å². The van der Waals surface area contributed by atoms with Gasteiger partial charge in [-0.2, -0.15) is 0 Å². The maximum absolute atomic E-state index is 11.1. The number of nitrogens with one attached hydrogen (secondary N) is 1. The SMILES string of the molecule is COc1nc(-c2cccc(-c3ccc4c(c3)OCCO4)c2C)ccc1CN[C@@H](CO)C(=O)O. The van der Waals surface area contributed by atoms with Crippen molar-refractivity contribution in [3.8, 4) is 39.8 Å². The zero-order valence-corrected chi connectivity index (χ0v) is 18.5. The maximum Gasteiger partial charge on any atom is 0.323 e. The summed E-state index contributed by atoms with van der Waals surface area (Å²) < 4.78 is 16.8. The number of fused-ring (bicyclic) bond motifs is 1. The number of pyridine rings is 1. The Balaban J connectivity index is 1.64. The first kappa shape index (κ1) is 22.6. The second-order valence-electron chi connectivity index (χ2n) is 7.66. The number of aliphatic hydroxyl groups excluding tert-OH is 1. The Morgan fingerprint density at radius 2 is 1.88 bits per heavy atom. The summed E-state index contributed by atoms with van der Waals surface area (Å²) in [6, 6.07) is 14.6. The van der Waals surface area contributed by atoms with Gasteiger partial charge in [-0.05, 0) is 41.8 Å². The molecule has 0 saturated carbocycles. The van der Waals surface area contributed by atoms with Crippen LogP contribution in [0.25, 0.3) is 22.4 Å². The molecule has 33 heavy (non-hydrogen) atoms. The number of ether oxygens (including phenoxy) is 3. The van der Waals surface area contributed by atoms with Gasteiger partial charge in [0, 0.05) is 17.7 Å². The quantitative estimate of drug-likeness (QED) is 0.480. The zero-order chi connectivity index (χ0) is 23.4. The van der Waals surface area contributed by atoms with Crippen LogP contribution in [0.1, 0.15) is 11.1 Å². The van der Waals surface area contributed by atoms with Crippen LogP contribution in [0.3, 0.4) is 0 Å². The number of aliphatic carboxylic acids is 1. The number of hydrogen-bond donors (Lipinski definition) is 3. The molecule has 0 amide bonds. The normalized spacial score (nSPS) is 13.4. The highest BCUT2D eigenvalue weighted by molar-refractivity contribution is 5.78. The molecule has 1 aliphatic heterocycles. The highest BCUT2D eigenvalue weighted by atomic mass is 16.6. The van der Waals surface area contributed by atoms with Gasteiger partial charge >= 0.3 is 5.97 Å². The molecule has 2 aromatic carbocycles. The number of carboxylic acid groups (broad SMARTS) is 1. The van der Waals surface area contributed by atoms with Crippen LogP contribution in [0, 0.1) is 6.92 Å². The Labute approximate surface area is 191 Å². The van der Waals surface area contributed by atoms with E-state index in [0.717, 1.165) is 39.4 Å². The Morgan fingerprint density at radius 3 is 2.61 bits per heavy atom. The molecule has 0 bridgehead atoms. The van der Waals surface area contributed by atoms with Gasteiger partial charge < -0.3 is 24.4 Å². The topological polar surface area (TPSA) is 110 Å². The summed E-state index contributed by atoms with van der Waals surface area (Å²) in [6.07, 6.45) is 0. The van der Waals surface area contributed by atoms with Gasteiger partial charge in [0.2, 0.25) is 5.88 Å². The van der Waals surface area contributed by atoms with Gasteiger partial charge in [0.1, 0.15) is 19.3 Å². The summed E-state index contributed by atoms with van der Waals surface area (Å²) >= 11 is 0. The largest absolute Gasteiger partial charge is 0.486 e. The molecule has 4 rings (SSSR count). The minimum Gasteiger partial charge on any atom is -0.486 e. The van der Waals surface area contributed by atoms with E-state index in [0.29, 0.717) is 24.7 Å². The molecule has 8 heteroatoms. The second-order valence-corrected chi connectivity index (χ2v) is 7.66. The van der Waals surface area contributed by atoms with E-state index >= 15 is 0 Å². The summed E-state index contributed by atoms with van der Waals surface area (Å²) in [4.78, 5) is 15.8. The molecule has 3 aromatic rings. The smallest absolute Gasteiger partial charge is 0.323 e. The minimum atomic E-state index is -1.12. The number of methoxy groups -OCH3 is 1. The molecular formula is C25H26N2O6. The Morgan fingerprint density at radius 1 is 1.12 bits per heavy atom. The standard InChI is InChI=1S/C25H26N2O6/c1-15-18(16-7-9-22-23(12-16)33-11-10-32-22)4-3-5-19(15)20-8-6-17(24(27-20)31-2)13-26-21(14-28)25(29)30/h3-9,12,21,26,28H,10-11,13-14H2,1-2H3,(H,29,30)/t21-/m0/s1. The van der Waals surface area contributed by atoms with E-state index in [1.807, 2.05) is 49.4 Å². The molecule has 2 heterocycles. The third kappa shape index (κ3) is 4.76. The molecule has 0 fully saturated rings. The number of carboxylic acids is 1. The fraction of sp³-hybridized carbons (Fsp3) is 0.280. The lowest BCUT2D eigenvalue weighted by Crippen LogP contribution is -2.39. The molecule has 172 valence electrons. The number of carbonyl (C=O) groups is 1. The van der Waals surface area contributed by atoms with Gasteiger partial charge in [0.15, 0.2) is 11.5 Å². The molecule has 0 radical (unpaired) electrons. The van der Waals surface area contributed by atoms with Gasteiger partial charge in [-0.3, -0.25) is 10.1 Å². The van der Waals surface area contributed by atoms with E-state index in [1.54, 1.807) is 0 Å². The average molecular weight is 450 g/mol. The van der Waals surface area contributed by atoms with Crippen LogP contribution in [0.5, 0.6) is 17.4 Å². The van der Waals surface area contributed by atoms with Gasteiger partial charge in [0.05, 0.1) is 19.4 Å². The third-order valence-electron chi connectivity index (χ3n) is 5.61. The van der Waals surface area contributed by atoms with E-state index in [-0.39, 0.29) is 6.54 Å². The Kier molecular flexibility index (Phi) is 6.76. The lowest BCUT2D eigenvalue weighted by Gasteiger charge is -2.20.